The third kappa shape index (κ3) is 5.55. The summed E-state index contributed by atoms with van der Waals surface area (Å²) in [7, 11) is -1.69. The summed E-state index contributed by atoms with van der Waals surface area (Å²) in [4.78, 5) is 10.4. The maximum absolute atomic E-state index is 12.9. The van der Waals surface area contributed by atoms with E-state index in [0.717, 1.165) is 48.3 Å². The first-order valence-electron chi connectivity index (χ1n) is 9.80. The molecule has 0 saturated carbocycles. The number of hydrogen-bond donors (Lipinski definition) is 1. The van der Waals surface area contributed by atoms with Gasteiger partial charge in [-0.25, -0.2) is 18.9 Å². The van der Waals surface area contributed by atoms with Crippen LogP contribution >= 0.6 is 0 Å². The van der Waals surface area contributed by atoms with Crippen molar-refractivity contribution in [1.82, 2.24) is 19.6 Å². The molecule has 1 N–H and O–H groups in total. The average Bonchev–Trinajstić information content (AvgIpc) is 3.21. The number of benzene rings is 2. The Labute approximate surface area is 180 Å². The highest BCUT2D eigenvalue weighted by Crippen LogP contribution is 2.30. The van der Waals surface area contributed by atoms with Gasteiger partial charge in [-0.05, 0) is 35.7 Å². The van der Waals surface area contributed by atoms with Crippen LogP contribution in [-0.4, -0.2) is 38.2 Å². The highest BCUT2D eigenvalue weighted by molar-refractivity contribution is 7.83. The van der Waals surface area contributed by atoms with Crippen LogP contribution in [0.1, 0.15) is 17.5 Å². The Morgan fingerprint density at radius 3 is 2.52 bits per heavy atom. The molecule has 4 rings (SSSR count). The van der Waals surface area contributed by atoms with Crippen molar-refractivity contribution in [2.24, 2.45) is 0 Å². The second kappa shape index (κ2) is 9.25. The summed E-state index contributed by atoms with van der Waals surface area (Å²) >= 11 is 0. The van der Waals surface area contributed by atoms with Gasteiger partial charge in [0.15, 0.2) is 0 Å². The Morgan fingerprint density at radius 1 is 1.06 bits per heavy atom. The van der Waals surface area contributed by atoms with Crippen LogP contribution in [0.25, 0.3) is 11.1 Å². The number of halogens is 3. The molecule has 5 nitrogen and oxygen atoms in total. The summed E-state index contributed by atoms with van der Waals surface area (Å²) in [5, 5.41) is 0. The lowest BCUT2D eigenvalue weighted by Crippen LogP contribution is -2.33. The molecule has 1 fully saturated rings. The average molecular weight is 446 g/mol. The van der Waals surface area contributed by atoms with E-state index in [-0.39, 0.29) is 10.9 Å². The second-order valence-corrected chi connectivity index (χ2v) is 8.70. The van der Waals surface area contributed by atoms with E-state index in [1.165, 1.54) is 18.5 Å². The molecule has 0 bridgehead atoms. The number of alkyl halides is 3. The largest absolute Gasteiger partial charge is 0.416 e. The van der Waals surface area contributed by atoms with Gasteiger partial charge < -0.3 is 0 Å². The quantitative estimate of drug-likeness (QED) is 0.621. The third-order valence-corrected chi connectivity index (χ3v) is 6.41. The summed E-state index contributed by atoms with van der Waals surface area (Å²) in [6.07, 6.45) is 1.36. The molecule has 162 valence electrons. The molecule has 1 aromatic heterocycles. The van der Waals surface area contributed by atoms with Crippen molar-refractivity contribution in [3.05, 3.63) is 78.4 Å². The minimum absolute atomic E-state index is 0.0453. The smallest absolute Gasteiger partial charge is 0.297 e. The minimum atomic E-state index is -4.45. The number of nitrogens with zero attached hydrogens (tertiary/aromatic N) is 3. The van der Waals surface area contributed by atoms with Crippen molar-refractivity contribution in [1.29, 1.82) is 0 Å². The highest BCUT2D eigenvalue weighted by Gasteiger charge is 2.31. The second-order valence-electron chi connectivity index (χ2n) is 7.46. The molecule has 0 radical (unpaired) electrons. The van der Waals surface area contributed by atoms with E-state index in [9.17, 15) is 17.4 Å². The Morgan fingerprint density at radius 2 is 1.81 bits per heavy atom. The molecule has 0 aliphatic carbocycles. The lowest BCUT2D eigenvalue weighted by atomic mass is 10.1. The van der Waals surface area contributed by atoms with E-state index in [1.54, 1.807) is 12.4 Å². The number of aromatic nitrogens is 2. The monoisotopic (exact) mass is 446 g/mol. The molecule has 9 heteroatoms. The maximum Gasteiger partial charge on any atom is 0.416 e. The van der Waals surface area contributed by atoms with Crippen LogP contribution in [0.4, 0.5) is 13.2 Å². The predicted octanol–water partition coefficient (Wildman–Crippen LogP) is 4.05. The molecule has 2 heterocycles. The van der Waals surface area contributed by atoms with Crippen molar-refractivity contribution in [2.75, 3.05) is 13.1 Å². The molecule has 0 spiro atoms. The summed E-state index contributed by atoms with van der Waals surface area (Å²) in [6, 6.07) is 12.8. The first-order valence-corrected chi connectivity index (χ1v) is 11.0. The zero-order valence-corrected chi connectivity index (χ0v) is 17.4. The summed E-state index contributed by atoms with van der Waals surface area (Å²) in [5.74, 6) is 0. The minimum Gasteiger partial charge on any atom is -0.297 e. The normalized spacial score (nSPS) is 18.2. The molecule has 2 aromatic carbocycles. The Kier molecular flexibility index (Phi) is 6.45. The molecular weight excluding hydrogens is 425 g/mol. The Bertz CT molecular complexity index is 1040. The maximum atomic E-state index is 12.9. The van der Waals surface area contributed by atoms with Crippen LogP contribution in [0, 0.1) is 0 Å². The number of likely N-dealkylation sites (tertiary alicyclic amines) is 1. The Balaban J connectivity index is 1.32. The number of rotatable bonds is 6. The fourth-order valence-electron chi connectivity index (χ4n) is 3.59. The van der Waals surface area contributed by atoms with Gasteiger partial charge >= 0.3 is 6.18 Å². The fourth-order valence-corrected chi connectivity index (χ4v) is 4.66. The first-order chi connectivity index (χ1) is 14.9. The van der Waals surface area contributed by atoms with Crippen molar-refractivity contribution in [3.8, 4) is 11.1 Å². The van der Waals surface area contributed by atoms with Gasteiger partial charge in [0.25, 0.3) is 0 Å². The number of nitrogens with one attached hydrogen (secondary N) is 1. The van der Waals surface area contributed by atoms with Gasteiger partial charge in [0.05, 0.1) is 10.5 Å². The summed E-state index contributed by atoms with van der Waals surface area (Å²) in [6.45, 7) is 2.25. The van der Waals surface area contributed by atoms with E-state index in [1.807, 2.05) is 12.1 Å². The van der Waals surface area contributed by atoms with Gasteiger partial charge in [-0.1, -0.05) is 30.3 Å². The van der Waals surface area contributed by atoms with Crippen LogP contribution in [0.2, 0.25) is 0 Å². The van der Waals surface area contributed by atoms with Crippen molar-refractivity contribution in [2.45, 2.75) is 30.1 Å². The molecule has 1 saturated heterocycles. The van der Waals surface area contributed by atoms with Gasteiger partial charge in [0, 0.05) is 43.6 Å². The zero-order valence-electron chi connectivity index (χ0n) is 16.5. The van der Waals surface area contributed by atoms with E-state index in [4.69, 9.17) is 0 Å². The molecular formula is C22H21F3N4OS. The van der Waals surface area contributed by atoms with Crippen molar-refractivity contribution >= 4 is 11.0 Å². The summed E-state index contributed by atoms with van der Waals surface area (Å²) < 4.78 is 54.1. The topological polar surface area (TPSA) is 58.1 Å². The molecule has 0 amide bonds. The lowest BCUT2D eigenvalue weighted by Gasteiger charge is -2.17. The van der Waals surface area contributed by atoms with E-state index in [0.29, 0.717) is 6.54 Å². The van der Waals surface area contributed by atoms with E-state index >= 15 is 0 Å². The number of hydrogen-bond acceptors (Lipinski definition) is 4. The van der Waals surface area contributed by atoms with Crippen molar-refractivity contribution in [3.63, 3.8) is 0 Å². The van der Waals surface area contributed by atoms with Crippen molar-refractivity contribution < 1.29 is 17.4 Å². The van der Waals surface area contributed by atoms with Crippen LogP contribution in [-0.2, 0) is 23.7 Å². The van der Waals surface area contributed by atoms with Gasteiger partial charge in [0.2, 0.25) is 0 Å². The van der Waals surface area contributed by atoms with Crippen LogP contribution < -0.4 is 4.72 Å². The van der Waals surface area contributed by atoms with Gasteiger partial charge in [-0.2, -0.15) is 13.2 Å². The predicted molar refractivity (Wildman–Crippen MR) is 112 cm³/mol. The summed E-state index contributed by atoms with van der Waals surface area (Å²) in [5.41, 5.74) is 2.36. The molecule has 3 aromatic rings. The molecule has 1 unspecified atom stereocenters. The van der Waals surface area contributed by atoms with Crippen LogP contribution in [0.15, 0.2) is 72.1 Å². The fraction of sp³-hybridized carbons (Fsp3) is 0.273. The standard InChI is InChI=1S/C22H21F3N4OS/c23-22(24,25)19-2-1-3-21(10-19)31(30)28-20-8-9-29(14-20)13-16-4-6-17(7-5-16)18-11-26-15-27-12-18/h1-7,10-12,15,20,28H,8-9,13-14H2/t20-,31?/m1/s1. The third-order valence-electron chi connectivity index (χ3n) is 5.18. The van der Waals surface area contributed by atoms with Gasteiger partial charge in [-0.15, -0.1) is 0 Å². The van der Waals surface area contributed by atoms with E-state index < -0.39 is 22.7 Å². The van der Waals surface area contributed by atoms with Gasteiger partial charge in [0.1, 0.15) is 17.3 Å². The SMILES string of the molecule is O=S(N[C@@H]1CCN(Cc2ccc(-c3cncnc3)cc2)C1)c1cccc(C(F)(F)F)c1. The molecule has 31 heavy (non-hydrogen) atoms. The van der Waals surface area contributed by atoms with E-state index in [2.05, 4.69) is 31.7 Å². The van der Waals surface area contributed by atoms with Crippen LogP contribution in [0.3, 0.4) is 0 Å². The lowest BCUT2D eigenvalue weighted by molar-refractivity contribution is -0.137. The Hall–Kier alpha value is -2.62. The highest BCUT2D eigenvalue weighted by atomic mass is 32.2. The molecule has 2 atom stereocenters. The van der Waals surface area contributed by atoms with Crippen LogP contribution in [0.5, 0.6) is 0 Å². The van der Waals surface area contributed by atoms with Gasteiger partial charge in [-0.3, -0.25) is 4.90 Å². The molecule has 1 aliphatic heterocycles. The zero-order chi connectivity index (χ0) is 21.8. The molecule has 1 aliphatic rings. The first kappa shape index (κ1) is 21.6.